The Kier molecular flexibility index (Phi) is 12.1. The number of alkyl halides is 3. The second-order valence-electron chi connectivity index (χ2n) is 7.32. The first kappa shape index (κ1) is 30.3. The SMILES string of the molecule is C=N/N=C(\SCCOP(=O)(O)O)c1ccc(OCCCCCOc2ccc(C#N)cc2)c(C(F)(F)F)c1. The van der Waals surface area contributed by atoms with Crippen molar-refractivity contribution in [1.29, 1.82) is 5.26 Å². The van der Waals surface area contributed by atoms with Crippen LogP contribution < -0.4 is 9.47 Å². The van der Waals surface area contributed by atoms with Gasteiger partial charge in [-0.05, 0) is 61.7 Å². The number of hydrogen-bond acceptors (Lipinski definition) is 8. The molecular formula is C23H25F3N3O6PS. The third kappa shape index (κ3) is 11.4. The Morgan fingerprint density at radius 2 is 1.73 bits per heavy atom. The number of phosphoric acid groups is 1. The summed E-state index contributed by atoms with van der Waals surface area (Å²) in [7, 11) is -4.66. The molecule has 2 rings (SSSR count). The van der Waals surface area contributed by atoms with Crippen LogP contribution in [0.4, 0.5) is 13.2 Å². The molecule has 0 aliphatic carbocycles. The highest BCUT2D eigenvalue weighted by molar-refractivity contribution is 8.14. The summed E-state index contributed by atoms with van der Waals surface area (Å²) in [5.41, 5.74) is -0.366. The number of nitriles is 1. The van der Waals surface area contributed by atoms with Gasteiger partial charge in [-0.1, -0.05) is 0 Å². The molecule has 14 heteroatoms. The van der Waals surface area contributed by atoms with Gasteiger partial charge in [0, 0.05) is 18.0 Å². The summed E-state index contributed by atoms with van der Waals surface area (Å²) >= 11 is 0.908. The van der Waals surface area contributed by atoms with Crippen molar-refractivity contribution in [2.45, 2.75) is 25.4 Å². The predicted molar refractivity (Wildman–Crippen MR) is 134 cm³/mol. The molecule has 0 aromatic heterocycles. The second-order valence-corrected chi connectivity index (χ2v) is 9.64. The molecule has 9 nitrogen and oxygen atoms in total. The van der Waals surface area contributed by atoms with Gasteiger partial charge >= 0.3 is 14.0 Å². The number of phosphoric ester groups is 1. The van der Waals surface area contributed by atoms with Gasteiger partial charge in [0.2, 0.25) is 0 Å². The molecule has 2 N–H and O–H groups in total. The summed E-state index contributed by atoms with van der Waals surface area (Å²) < 4.78 is 67.1. The van der Waals surface area contributed by atoms with Crippen molar-refractivity contribution in [3.05, 3.63) is 59.2 Å². The first-order valence-corrected chi connectivity index (χ1v) is 13.4. The highest BCUT2D eigenvalue weighted by Crippen LogP contribution is 2.38. The minimum atomic E-state index is -4.69. The molecule has 0 amide bonds. The molecule has 0 aliphatic heterocycles. The van der Waals surface area contributed by atoms with Gasteiger partial charge in [-0.25, -0.2) is 4.57 Å². The Balaban J connectivity index is 1.90. The molecule has 0 aliphatic rings. The fourth-order valence-electron chi connectivity index (χ4n) is 2.92. The third-order valence-corrected chi connectivity index (χ3v) is 6.05. The lowest BCUT2D eigenvalue weighted by Crippen LogP contribution is -2.11. The number of hydrogen-bond donors (Lipinski definition) is 2. The predicted octanol–water partition coefficient (Wildman–Crippen LogP) is 5.41. The Morgan fingerprint density at radius 1 is 1.05 bits per heavy atom. The molecule has 0 unspecified atom stereocenters. The van der Waals surface area contributed by atoms with Crippen molar-refractivity contribution in [1.82, 2.24) is 0 Å². The van der Waals surface area contributed by atoms with Crippen LogP contribution in [0.15, 0.2) is 52.7 Å². The van der Waals surface area contributed by atoms with Crippen LogP contribution in [0.25, 0.3) is 0 Å². The molecule has 0 radical (unpaired) electrons. The Hall–Kier alpha value is -2.88. The fraction of sp³-hybridized carbons (Fsp3) is 0.348. The number of thioether (sulfide) groups is 1. The molecule has 200 valence electrons. The molecule has 0 atom stereocenters. The number of nitrogens with zero attached hydrogens (tertiary/aromatic N) is 3. The minimum absolute atomic E-state index is 0.00789. The molecule has 0 spiro atoms. The van der Waals surface area contributed by atoms with Crippen LogP contribution in [-0.2, 0) is 15.3 Å². The van der Waals surface area contributed by atoms with Crippen LogP contribution >= 0.6 is 19.6 Å². The van der Waals surface area contributed by atoms with Gasteiger partial charge in [-0.15, -0.1) is 16.9 Å². The molecule has 0 heterocycles. The maximum Gasteiger partial charge on any atom is 0.469 e. The van der Waals surface area contributed by atoms with E-state index in [4.69, 9.17) is 24.5 Å². The lowest BCUT2D eigenvalue weighted by atomic mass is 10.1. The van der Waals surface area contributed by atoms with Gasteiger partial charge in [-0.3, -0.25) is 4.52 Å². The second kappa shape index (κ2) is 14.8. The smallest absolute Gasteiger partial charge is 0.469 e. The van der Waals surface area contributed by atoms with E-state index in [0.717, 1.165) is 17.8 Å². The van der Waals surface area contributed by atoms with E-state index in [-0.39, 0.29) is 35.3 Å². The average Bonchev–Trinajstić information content (AvgIpc) is 2.84. The summed E-state index contributed by atoms with van der Waals surface area (Å²) in [5.74, 6) is 0.312. The van der Waals surface area contributed by atoms with E-state index in [1.165, 1.54) is 12.1 Å². The van der Waals surface area contributed by atoms with Gasteiger partial charge in [0.15, 0.2) is 0 Å². The first-order valence-electron chi connectivity index (χ1n) is 10.9. The molecular weight excluding hydrogens is 534 g/mol. The summed E-state index contributed by atoms with van der Waals surface area (Å²) in [6.45, 7) is 3.35. The van der Waals surface area contributed by atoms with Crippen LogP contribution in [0, 0.1) is 11.3 Å². The zero-order chi connectivity index (χ0) is 27.3. The molecule has 2 aromatic rings. The van der Waals surface area contributed by atoms with E-state index < -0.39 is 19.6 Å². The summed E-state index contributed by atoms with van der Waals surface area (Å²) in [6, 6.07) is 12.2. The number of benzene rings is 2. The van der Waals surface area contributed by atoms with E-state index in [2.05, 4.69) is 21.4 Å². The quantitative estimate of drug-likeness (QED) is 0.103. The van der Waals surface area contributed by atoms with Gasteiger partial charge in [0.1, 0.15) is 16.5 Å². The lowest BCUT2D eigenvalue weighted by Gasteiger charge is -2.16. The Labute approximate surface area is 216 Å². The first-order chi connectivity index (χ1) is 17.5. The standard InChI is InChI=1S/C23H25F3N3O6PS/c1-28-29-22(37-14-13-35-36(30,31)32)18-7-10-21(20(15-18)23(24,25)26)34-12-4-2-3-11-33-19-8-5-17(16-27)6-9-19/h5-10,15H,1-4,11-14H2,(H2,30,31,32)/b29-22-. The minimum Gasteiger partial charge on any atom is -0.494 e. The summed E-state index contributed by atoms with van der Waals surface area (Å²) in [5, 5.41) is 15.9. The van der Waals surface area contributed by atoms with Crippen LogP contribution in [0.1, 0.15) is 36.0 Å². The zero-order valence-corrected chi connectivity index (χ0v) is 21.3. The average molecular weight is 560 g/mol. The normalized spacial score (nSPS) is 12.2. The van der Waals surface area contributed by atoms with Crippen LogP contribution in [-0.4, -0.2) is 47.1 Å². The zero-order valence-electron chi connectivity index (χ0n) is 19.6. The van der Waals surface area contributed by atoms with E-state index in [1.54, 1.807) is 24.3 Å². The summed E-state index contributed by atoms with van der Waals surface area (Å²) in [4.78, 5) is 17.4. The van der Waals surface area contributed by atoms with Crippen LogP contribution in [0.3, 0.4) is 0 Å². The number of unbranched alkanes of at least 4 members (excludes halogenated alkanes) is 2. The number of halogens is 3. The van der Waals surface area contributed by atoms with Crippen molar-refractivity contribution >= 4 is 31.3 Å². The largest absolute Gasteiger partial charge is 0.494 e. The molecule has 37 heavy (non-hydrogen) atoms. The Bertz CT molecular complexity index is 1150. The highest BCUT2D eigenvalue weighted by atomic mass is 32.2. The van der Waals surface area contributed by atoms with Crippen molar-refractivity contribution < 1.29 is 41.5 Å². The maximum atomic E-state index is 13.7. The number of ether oxygens (including phenoxy) is 2. The van der Waals surface area contributed by atoms with Crippen LogP contribution in [0.2, 0.25) is 0 Å². The van der Waals surface area contributed by atoms with Crippen molar-refractivity contribution in [2.24, 2.45) is 10.2 Å². The van der Waals surface area contributed by atoms with Crippen molar-refractivity contribution in [3.63, 3.8) is 0 Å². The van der Waals surface area contributed by atoms with Gasteiger partial charge in [-0.2, -0.15) is 23.5 Å². The number of rotatable bonds is 14. The third-order valence-electron chi connectivity index (χ3n) is 4.57. The molecule has 0 saturated heterocycles. The molecule has 0 bridgehead atoms. The van der Waals surface area contributed by atoms with Crippen molar-refractivity contribution in [3.8, 4) is 17.6 Å². The molecule has 0 saturated carbocycles. The monoisotopic (exact) mass is 559 g/mol. The van der Waals surface area contributed by atoms with Crippen molar-refractivity contribution in [2.75, 3.05) is 25.6 Å². The van der Waals surface area contributed by atoms with Gasteiger partial charge in [0.05, 0.1) is 37.0 Å². The van der Waals surface area contributed by atoms with Crippen LogP contribution in [0.5, 0.6) is 11.5 Å². The van der Waals surface area contributed by atoms with E-state index in [0.29, 0.717) is 37.2 Å². The topological polar surface area (TPSA) is 134 Å². The van der Waals surface area contributed by atoms with E-state index in [1.807, 2.05) is 6.07 Å². The van der Waals surface area contributed by atoms with Gasteiger partial charge < -0.3 is 19.3 Å². The van der Waals surface area contributed by atoms with E-state index >= 15 is 0 Å². The highest BCUT2D eigenvalue weighted by Gasteiger charge is 2.35. The lowest BCUT2D eigenvalue weighted by molar-refractivity contribution is -0.139. The van der Waals surface area contributed by atoms with E-state index in [9.17, 15) is 17.7 Å². The maximum absolute atomic E-state index is 13.7. The summed E-state index contributed by atoms with van der Waals surface area (Å²) in [6.07, 6.45) is -2.84. The fourth-order valence-corrected chi connectivity index (χ4v) is 4.14. The van der Waals surface area contributed by atoms with Gasteiger partial charge in [0.25, 0.3) is 0 Å². The molecule has 0 fully saturated rings. The Morgan fingerprint density at radius 3 is 2.32 bits per heavy atom. The molecule has 2 aromatic carbocycles.